The van der Waals surface area contributed by atoms with E-state index < -0.39 is 12.6 Å². The van der Waals surface area contributed by atoms with Gasteiger partial charge in [0.25, 0.3) is 0 Å². The average Bonchev–Trinajstić information content (AvgIpc) is 2.54. The van der Waals surface area contributed by atoms with Gasteiger partial charge in [0, 0.05) is 12.1 Å². The van der Waals surface area contributed by atoms with Crippen LogP contribution in [0.1, 0.15) is 22.7 Å². The second-order valence-electron chi connectivity index (χ2n) is 5.40. The third kappa shape index (κ3) is 3.07. The number of phenols is 2. The minimum Gasteiger partial charge on any atom is -0.504 e. The molecule has 6 nitrogen and oxygen atoms in total. The zero-order valence-electron chi connectivity index (χ0n) is 12.3. The highest BCUT2D eigenvalue weighted by molar-refractivity contribution is 5.68. The maximum Gasteiger partial charge on any atom is 0.341 e. The van der Waals surface area contributed by atoms with E-state index in [1.165, 1.54) is 6.07 Å². The first kappa shape index (κ1) is 15.2. The number of hydrogen-bond donors (Lipinski definition) is 4. The van der Waals surface area contributed by atoms with Gasteiger partial charge in [-0.05, 0) is 35.7 Å². The van der Waals surface area contributed by atoms with Gasteiger partial charge >= 0.3 is 5.97 Å². The zero-order valence-corrected chi connectivity index (χ0v) is 12.3. The van der Waals surface area contributed by atoms with Crippen LogP contribution < -0.4 is 10.1 Å². The number of rotatable bonds is 4. The van der Waals surface area contributed by atoms with Gasteiger partial charge in [0.15, 0.2) is 18.1 Å². The van der Waals surface area contributed by atoms with Crippen molar-refractivity contribution in [3.05, 3.63) is 53.1 Å². The van der Waals surface area contributed by atoms with Crippen LogP contribution in [0.25, 0.3) is 0 Å². The van der Waals surface area contributed by atoms with Gasteiger partial charge in [0.05, 0.1) is 6.04 Å². The standard InChI is InChI=1S/C17H17NO5/c19-13-7-10-5-6-18-17(12(10)8-14(13)20)11-3-1-2-4-15(11)23-9-16(21)22/h1-4,7-8,17-20H,5-6,9H2,(H,21,22)/t17-/m0/s1. The molecule has 0 saturated heterocycles. The summed E-state index contributed by atoms with van der Waals surface area (Å²) in [6.45, 7) is 0.284. The fourth-order valence-electron chi connectivity index (χ4n) is 2.85. The molecule has 0 aliphatic carbocycles. The van der Waals surface area contributed by atoms with E-state index in [1.54, 1.807) is 18.2 Å². The van der Waals surface area contributed by atoms with Crippen molar-refractivity contribution < 1.29 is 24.9 Å². The van der Waals surface area contributed by atoms with Gasteiger partial charge < -0.3 is 25.4 Å². The van der Waals surface area contributed by atoms with Crippen LogP contribution in [0, 0.1) is 0 Å². The topological polar surface area (TPSA) is 99.0 Å². The Morgan fingerprint density at radius 2 is 1.91 bits per heavy atom. The summed E-state index contributed by atoms with van der Waals surface area (Å²) in [6, 6.07) is 10.1. The van der Waals surface area contributed by atoms with Crippen molar-refractivity contribution in [3.63, 3.8) is 0 Å². The van der Waals surface area contributed by atoms with E-state index in [-0.39, 0.29) is 17.5 Å². The summed E-state index contributed by atoms with van der Waals surface area (Å²) in [5.74, 6) is -0.881. The molecule has 3 rings (SSSR count). The van der Waals surface area contributed by atoms with Gasteiger partial charge in [-0.15, -0.1) is 0 Å². The molecule has 120 valence electrons. The van der Waals surface area contributed by atoms with Crippen molar-refractivity contribution in [1.82, 2.24) is 5.32 Å². The van der Waals surface area contributed by atoms with Gasteiger partial charge in [-0.25, -0.2) is 4.79 Å². The maximum absolute atomic E-state index is 10.7. The fourth-order valence-corrected chi connectivity index (χ4v) is 2.85. The van der Waals surface area contributed by atoms with E-state index in [0.717, 1.165) is 23.1 Å². The van der Waals surface area contributed by atoms with Crippen LogP contribution in [0.15, 0.2) is 36.4 Å². The summed E-state index contributed by atoms with van der Waals surface area (Å²) >= 11 is 0. The highest BCUT2D eigenvalue weighted by atomic mass is 16.5. The summed E-state index contributed by atoms with van der Waals surface area (Å²) in [5.41, 5.74) is 2.58. The molecule has 1 aliphatic rings. The molecule has 0 unspecified atom stereocenters. The number of ether oxygens (including phenoxy) is 1. The van der Waals surface area contributed by atoms with Crippen molar-refractivity contribution in [2.75, 3.05) is 13.2 Å². The van der Waals surface area contributed by atoms with E-state index in [1.807, 2.05) is 12.1 Å². The van der Waals surface area contributed by atoms with Gasteiger partial charge in [0.1, 0.15) is 5.75 Å². The van der Waals surface area contributed by atoms with Gasteiger partial charge in [-0.2, -0.15) is 0 Å². The molecule has 2 aromatic rings. The Kier molecular flexibility index (Phi) is 4.08. The van der Waals surface area contributed by atoms with Gasteiger partial charge in [-0.3, -0.25) is 0 Å². The number of benzene rings is 2. The van der Waals surface area contributed by atoms with Crippen LogP contribution in [-0.4, -0.2) is 34.4 Å². The quantitative estimate of drug-likeness (QED) is 0.642. The normalized spacial score (nSPS) is 16.6. The van der Waals surface area contributed by atoms with Crippen molar-refractivity contribution >= 4 is 5.97 Å². The summed E-state index contributed by atoms with van der Waals surface area (Å²) in [6.07, 6.45) is 0.734. The molecule has 0 bridgehead atoms. The van der Waals surface area contributed by atoms with Crippen molar-refractivity contribution in [3.8, 4) is 17.2 Å². The number of aliphatic carboxylic acids is 1. The van der Waals surface area contributed by atoms with Gasteiger partial charge in [0.2, 0.25) is 0 Å². The molecule has 0 aromatic heterocycles. The molecule has 1 heterocycles. The zero-order chi connectivity index (χ0) is 16.4. The van der Waals surface area contributed by atoms with E-state index in [9.17, 15) is 15.0 Å². The lowest BCUT2D eigenvalue weighted by Gasteiger charge is -2.29. The molecule has 23 heavy (non-hydrogen) atoms. The van der Waals surface area contributed by atoms with Crippen LogP contribution in [-0.2, 0) is 11.2 Å². The Bertz CT molecular complexity index is 744. The summed E-state index contributed by atoms with van der Waals surface area (Å²) < 4.78 is 5.37. The first-order valence-electron chi connectivity index (χ1n) is 7.28. The average molecular weight is 315 g/mol. The van der Waals surface area contributed by atoms with Crippen LogP contribution in [0.5, 0.6) is 17.2 Å². The second-order valence-corrected chi connectivity index (χ2v) is 5.40. The van der Waals surface area contributed by atoms with Crippen molar-refractivity contribution in [1.29, 1.82) is 0 Å². The lowest BCUT2D eigenvalue weighted by molar-refractivity contribution is -0.139. The molecular formula is C17H17NO5. The third-order valence-electron chi connectivity index (χ3n) is 3.87. The molecule has 0 amide bonds. The minimum atomic E-state index is -1.04. The number of fused-ring (bicyclic) bond motifs is 1. The molecule has 1 aliphatic heterocycles. The van der Waals surface area contributed by atoms with E-state index in [2.05, 4.69) is 5.32 Å². The molecular weight excluding hydrogens is 298 g/mol. The number of carbonyl (C=O) groups is 1. The molecule has 0 spiro atoms. The minimum absolute atomic E-state index is 0.139. The first-order chi connectivity index (χ1) is 11.1. The highest BCUT2D eigenvalue weighted by Crippen LogP contribution is 2.38. The first-order valence-corrected chi connectivity index (χ1v) is 7.28. The maximum atomic E-state index is 10.7. The molecule has 0 fully saturated rings. The molecule has 2 aromatic carbocycles. The molecule has 1 atom stereocenters. The lowest BCUT2D eigenvalue weighted by atomic mass is 9.89. The number of carboxylic acids is 1. The van der Waals surface area contributed by atoms with E-state index in [4.69, 9.17) is 9.84 Å². The highest BCUT2D eigenvalue weighted by Gasteiger charge is 2.25. The van der Waals surface area contributed by atoms with Crippen LogP contribution >= 0.6 is 0 Å². The number of aromatic hydroxyl groups is 2. The number of para-hydroxylation sites is 1. The Balaban J connectivity index is 2.01. The summed E-state index contributed by atoms with van der Waals surface area (Å²) in [5, 5.41) is 31.6. The SMILES string of the molecule is O=C(O)COc1ccccc1[C@@H]1NCCc2cc(O)c(O)cc21. The summed E-state index contributed by atoms with van der Waals surface area (Å²) in [7, 11) is 0. The smallest absolute Gasteiger partial charge is 0.341 e. The monoisotopic (exact) mass is 315 g/mol. The molecule has 4 N–H and O–H groups in total. The number of carboxylic acid groups (broad SMARTS) is 1. The third-order valence-corrected chi connectivity index (χ3v) is 3.87. The van der Waals surface area contributed by atoms with Crippen molar-refractivity contribution in [2.24, 2.45) is 0 Å². The number of phenolic OH excluding ortho intramolecular Hbond substituents is 2. The molecule has 0 radical (unpaired) electrons. The van der Waals surface area contributed by atoms with Crippen molar-refractivity contribution in [2.45, 2.75) is 12.5 Å². The Labute approximate surface area is 133 Å². The molecule has 0 saturated carbocycles. The number of hydrogen-bond acceptors (Lipinski definition) is 5. The van der Waals surface area contributed by atoms with E-state index in [0.29, 0.717) is 12.3 Å². The Morgan fingerprint density at radius 3 is 2.70 bits per heavy atom. The largest absolute Gasteiger partial charge is 0.504 e. The summed E-state index contributed by atoms with van der Waals surface area (Å²) in [4.78, 5) is 10.7. The van der Waals surface area contributed by atoms with Crippen LogP contribution in [0.4, 0.5) is 0 Å². The van der Waals surface area contributed by atoms with Gasteiger partial charge in [-0.1, -0.05) is 18.2 Å². The number of nitrogens with one attached hydrogen (secondary N) is 1. The van der Waals surface area contributed by atoms with E-state index >= 15 is 0 Å². The van der Waals surface area contributed by atoms with Crippen LogP contribution in [0.2, 0.25) is 0 Å². The molecule has 6 heteroatoms. The predicted octanol–water partition coefficient (Wildman–Crippen LogP) is 1.80. The second kappa shape index (κ2) is 6.18. The van der Waals surface area contributed by atoms with Crippen LogP contribution in [0.3, 0.4) is 0 Å². The Hall–Kier alpha value is -2.73. The lowest BCUT2D eigenvalue weighted by Crippen LogP contribution is -2.31. The fraction of sp³-hybridized carbons (Fsp3) is 0.235. The predicted molar refractivity (Wildman–Crippen MR) is 82.9 cm³/mol. The Morgan fingerprint density at radius 1 is 1.17 bits per heavy atom.